The summed E-state index contributed by atoms with van der Waals surface area (Å²) in [5, 5.41) is 7.97. The van der Waals surface area contributed by atoms with Gasteiger partial charge in [-0.3, -0.25) is 4.79 Å². The summed E-state index contributed by atoms with van der Waals surface area (Å²) in [6.07, 6.45) is 11.4. The highest BCUT2D eigenvalue weighted by atomic mass is 16.2. The Morgan fingerprint density at radius 1 is 1.03 bits per heavy atom. The van der Waals surface area contributed by atoms with E-state index in [1.165, 1.54) is 19.3 Å². The number of benzene rings is 1. The molecule has 0 spiro atoms. The highest BCUT2D eigenvalue weighted by Gasteiger charge is 2.51. The van der Waals surface area contributed by atoms with E-state index in [2.05, 4.69) is 28.6 Å². The molecule has 1 aromatic carbocycles. The van der Waals surface area contributed by atoms with Gasteiger partial charge in [0.25, 0.3) is 5.91 Å². The van der Waals surface area contributed by atoms with E-state index in [9.17, 15) is 4.79 Å². The monoisotopic (exact) mass is 475 g/mol. The Morgan fingerprint density at radius 3 is 2.40 bits per heavy atom. The molecule has 7 rings (SSSR count). The van der Waals surface area contributed by atoms with Crippen molar-refractivity contribution < 1.29 is 4.79 Å². The number of carbonyl (C=O) groups is 1. The molecule has 186 valence electrons. The molecule has 6 N–H and O–H groups in total. The number of carbonyl (C=O) groups excluding carboxylic acids is 1. The fourth-order valence-corrected chi connectivity index (χ4v) is 7.82. The standard InChI is InChI=1S/C27H37N7O/c1-15-6-7-20-19(8-15)23(31-21-4-2-3-5-22(21)32-26(28)29)33-24(30-20)25(35)34-27-12-16-9-17(13-27)11-18(10-16)14-27/h6-8,16-18,21-22H,2-5,9-14H2,1H3,(H,34,35)(H4,28,29,32)(H,30,31,33). The minimum absolute atomic E-state index is 0.00660. The van der Waals surface area contributed by atoms with Crippen LogP contribution in [0.4, 0.5) is 5.82 Å². The minimum Gasteiger partial charge on any atom is -0.370 e. The van der Waals surface area contributed by atoms with Crippen molar-refractivity contribution in [3.05, 3.63) is 29.6 Å². The quantitative estimate of drug-likeness (QED) is 0.386. The van der Waals surface area contributed by atoms with E-state index in [1.807, 2.05) is 12.1 Å². The molecule has 0 radical (unpaired) electrons. The van der Waals surface area contributed by atoms with Gasteiger partial charge in [0.05, 0.1) is 17.6 Å². The first-order chi connectivity index (χ1) is 16.9. The number of nitrogens with zero attached hydrogens (tertiary/aromatic N) is 3. The summed E-state index contributed by atoms with van der Waals surface area (Å²) >= 11 is 0. The number of amides is 1. The predicted octanol–water partition coefficient (Wildman–Crippen LogP) is 3.63. The Labute approximate surface area is 206 Å². The number of guanidine groups is 1. The summed E-state index contributed by atoms with van der Waals surface area (Å²) in [4.78, 5) is 27.6. The molecule has 2 aromatic rings. The van der Waals surface area contributed by atoms with Gasteiger partial charge >= 0.3 is 0 Å². The van der Waals surface area contributed by atoms with Gasteiger partial charge < -0.3 is 22.1 Å². The molecule has 8 heteroatoms. The summed E-state index contributed by atoms with van der Waals surface area (Å²) in [5.74, 6) is 3.18. The van der Waals surface area contributed by atoms with Gasteiger partial charge in [-0.15, -0.1) is 0 Å². The van der Waals surface area contributed by atoms with Crippen molar-refractivity contribution >= 4 is 28.6 Å². The topological polar surface area (TPSA) is 131 Å². The lowest BCUT2D eigenvalue weighted by Crippen LogP contribution is -2.60. The zero-order chi connectivity index (χ0) is 24.2. The van der Waals surface area contributed by atoms with Crippen molar-refractivity contribution in [1.82, 2.24) is 15.3 Å². The number of aromatic nitrogens is 2. The molecule has 2 atom stereocenters. The third-order valence-electron chi connectivity index (χ3n) is 8.84. The molecule has 1 heterocycles. The fourth-order valence-electron chi connectivity index (χ4n) is 7.82. The highest BCUT2D eigenvalue weighted by Crippen LogP contribution is 2.55. The molecule has 2 unspecified atom stereocenters. The number of hydrogen-bond donors (Lipinski definition) is 4. The van der Waals surface area contributed by atoms with Crippen LogP contribution < -0.4 is 22.1 Å². The van der Waals surface area contributed by atoms with Crippen LogP contribution in [-0.4, -0.2) is 39.5 Å². The van der Waals surface area contributed by atoms with E-state index >= 15 is 0 Å². The van der Waals surface area contributed by atoms with Gasteiger partial charge in [0.15, 0.2) is 5.96 Å². The molecular weight excluding hydrogens is 438 g/mol. The van der Waals surface area contributed by atoms with E-state index < -0.39 is 0 Å². The molecule has 5 aliphatic rings. The molecule has 5 fully saturated rings. The molecule has 5 aliphatic carbocycles. The Morgan fingerprint density at radius 2 is 1.71 bits per heavy atom. The van der Waals surface area contributed by atoms with Crippen LogP contribution in [0.2, 0.25) is 0 Å². The van der Waals surface area contributed by atoms with Crippen molar-refractivity contribution in [2.75, 3.05) is 5.32 Å². The van der Waals surface area contributed by atoms with Crippen LogP contribution in [0.1, 0.15) is 80.4 Å². The van der Waals surface area contributed by atoms with Crippen LogP contribution in [0.25, 0.3) is 10.9 Å². The third kappa shape index (κ3) is 4.43. The molecule has 0 aliphatic heterocycles. The van der Waals surface area contributed by atoms with Crippen LogP contribution in [0.3, 0.4) is 0 Å². The lowest BCUT2D eigenvalue weighted by atomic mass is 9.53. The van der Waals surface area contributed by atoms with Gasteiger partial charge in [0.2, 0.25) is 5.82 Å². The van der Waals surface area contributed by atoms with Crippen LogP contribution in [0, 0.1) is 24.7 Å². The molecule has 1 amide bonds. The first-order valence-electron chi connectivity index (χ1n) is 13.3. The van der Waals surface area contributed by atoms with Crippen LogP contribution >= 0.6 is 0 Å². The summed E-state index contributed by atoms with van der Waals surface area (Å²) in [5.41, 5.74) is 13.3. The number of aryl methyl sites for hydroxylation is 1. The second kappa shape index (κ2) is 8.64. The number of hydrogen-bond acceptors (Lipinski definition) is 5. The van der Waals surface area contributed by atoms with Crippen molar-refractivity contribution in [2.24, 2.45) is 34.2 Å². The average molecular weight is 476 g/mol. The summed E-state index contributed by atoms with van der Waals surface area (Å²) < 4.78 is 0. The first kappa shape index (κ1) is 22.6. The SMILES string of the molecule is Cc1ccc2nc(C(=O)NC34CC5CC(CC(C5)C3)C4)nc(NC3CCCCC3N=C(N)N)c2c1. The van der Waals surface area contributed by atoms with E-state index in [0.717, 1.165) is 79.2 Å². The minimum atomic E-state index is -0.151. The van der Waals surface area contributed by atoms with Gasteiger partial charge in [-0.05, 0) is 88.2 Å². The third-order valence-corrected chi connectivity index (χ3v) is 8.84. The Bertz CT molecular complexity index is 1140. The zero-order valence-electron chi connectivity index (χ0n) is 20.6. The maximum absolute atomic E-state index is 13.6. The number of aliphatic imine (C=N–C) groups is 1. The number of rotatable bonds is 5. The van der Waals surface area contributed by atoms with Crippen molar-refractivity contribution in [2.45, 2.75) is 88.8 Å². The molecular formula is C27H37N7O. The smallest absolute Gasteiger partial charge is 0.289 e. The number of nitrogens with one attached hydrogen (secondary N) is 2. The molecule has 35 heavy (non-hydrogen) atoms. The van der Waals surface area contributed by atoms with Crippen LogP contribution in [-0.2, 0) is 0 Å². The van der Waals surface area contributed by atoms with Crippen molar-refractivity contribution in [3.63, 3.8) is 0 Å². The Kier molecular flexibility index (Phi) is 5.57. The summed E-state index contributed by atoms with van der Waals surface area (Å²) in [6.45, 7) is 2.06. The second-order valence-corrected chi connectivity index (χ2v) is 11.7. The van der Waals surface area contributed by atoms with E-state index in [0.29, 0.717) is 5.82 Å². The van der Waals surface area contributed by atoms with Gasteiger partial charge in [0.1, 0.15) is 5.82 Å². The normalized spacial score (nSPS) is 33.5. The molecule has 4 bridgehead atoms. The van der Waals surface area contributed by atoms with Crippen molar-refractivity contribution in [1.29, 1.82) is 0 Å². The summed E-state index contributed by atoms with van der Waals surface area (Å²) in [6, 6.07) is 6.14. The molecule has 0 saturated heterocycles. The van der Waals surface area contributed by atoms with E-state index in [1.54, 1.807) is 0 Å². The zero-order valence-corrected chi connectivity index (χ0v) is 20.6. The molecule has 5 saturated carbocycles. The van der Waals surface area contributed by atoms with Gasteiger partial charge in [0, 0.05) is 10.9 Å². The van der Waals surface area contributed by atoms with Crippen LogP contribution in [0.5, 0.6) is 0 Å². The molecule has 1 aromatic heterocycles. The Hall–Kier alpha value is -2.90. The summed E-state index contributed by atoms with van der Waals surface area (Å²) in [7, 11) is 0. The Balaban J connectivity index is 1.31. The lowest BCUT2D eigenvalue weighted by Gasteiger charge is -2.56. The van der Waals surface area contributed by atoms with Gasteiger partial charge in [-0.1, -0.05) is 24.5 Å². The maximum atomic E-state index is 13.6. The van der Waals surface area contributed by atoms with E-state index in [-0.39, 0.29) is 35.3 Å². The van der Waals surface area contributed by atoms with Crippen LogP contribution in [0.15, 0.2) is 23.2 Å². The first-order valence-corrected chi connectivity index (χ1v) is 13.3. The highest BCUT2D eigenvalue weighted by molar-refractivity contribution is 5.97. The largest absolute Gasteiger partial charge is 0.370 e. The maximum Gasteiger partial charge on any atom is 0.289 e. The molecule has 8 nitrogen and oxygen atoms in total. The predicted molar refractivity (Wildman–Crippen MR) is 138 cm³/mol. The van der Waals surface area contributed by atoms with Gasteiger partial charge in [-0.25, -0.2) is 15.0 Å². The van der Waals surface area contributed by atoms with Crippen molar-refractivity contribution in [3.8, 4) is 0 Å². The fraction of sp³-hybridized carbons (Fsp3) is 0.630. The number of anilines is 1. The van der Waals surface area contributed by atoms with E-state index in [4.69, 9.17) is 21.4 Å². The number of nitrogens with two attached hydrogens (primary N) is 2. The average Bonchev–Trinajstić information content (AvgIpc) is 2.79. The number of fused-ring (bicyclic) bond motifs is 1. The lowest BCUT2D eigenvalue weighted by molar-refractivity contribution is -0.0168. The van der Waals surface area contributed by atoms with Gasteiger partial charge in [-0.2, -0.15) is 0 Å². The second-order valence-electron chi connectivity index (χ2n) is 11.7.